The molecule has 5 heteroatoms. The van der Waals surface area contributed by atoms with E-state index >= 15 is 0 Å². The highest BCUT2D eigenvalue weighted by Crippen LogP contribution is 2.22. The van der Waals surface area contributed by atoms with Gasteiger partial charge in [0.05, 0.1) is 0 Å². The van der Waals surface area contributed by atoms with Gasteiger partial charge in [0, 0.05) is 23.7 Å². The Hall–Kier alpha value is -2.01. The molecule has 0 atom stereocenters. The van der Waals surface area contributed by atoms with Crippen molar-refractivity contribution in [1.29, 1.82) is 0 Å². The number of nitrogens with zero attached hydrogens (tertiary/aromatic N) is 3. The van der Waals surface area contributed by atoms with Crippen LogP contribution in [0, 0.1) is 0 Å². The lowest BCUT2D eigenvalue weighted by Gasteiger charge is -2.01. The summed E-state index contributed by atoms with van der Waals surface area (Å²) in [5, 5.41) is 11.8. The molecule has 78 valence electrons. The third-order valence-electron chi connectivity index (χ3n) is 2.25. The van der Waals surface area contributed by atoms with Crippen LogP contribution in [0.3, 0.4) is 0 Å². The Labute approximate surface area is 96.4 Å². The molecule has 1 aliphatic rings. The van der Waals surface area contributed by atoms with Gasteiger partial charge in [0.2, 0.25) is 0 Å². The number of fused-ring (bicyclic) bond motifs is 1. The number of aliphatic imine (C=N–C) groups is 1. The van der Waals surface area contributed by atoms with E-state index in [1.54, 1.807) is 5.51 Å². The van der Waals surface area contributed by atoms with E-state index in [1.807, 2.05) is 36.7 Å². The van der Waals surface area contributed by atoms with E-state index in [2.05, 4.69) is 20.5 Å². The second-order valence-corrected chi connectivity index (χ2v) is 4.10. The highest BCUT2D eigenvalue weighted by atomic mass is 32.1. The lowest BCUT2D eigenvalue weighted by molar-refractivity contribution is 1.07. The van der Waals surface area contributed by atoms with Gasteiger partial charge < -0.3 is 5.32 Å². The summed E-state index contributed by atoms with van der Waals surface area (Å²) >= 11 is 1.47. The van der Waals surface area contributed by atoms with Crippen LogP contribution in [0.1, 0.15) is 10.6 Å². The first-order valence-electron chi connectivity index (χ1n) is 4.80. The summed E-state index contributed by atoms with van der Waals surface area (Å²) in [5.41, 5.74) is 4.62. The van der Waals surface area contributed by atoms with Crippen LogP contribution >= 0.6 is 11.3 Å². The van der Waals surface area contributed by atoms with Crippen molar-refractivity contribution in [3.63, 3.8) is 0 Å². The number of nitrogens with one attached hydrogen (secondary N) is 1. The van der Waals surface area contributed by atoms with Crippen LogP contribution in [0.2, 0.25) is 0 Å². The zero-order chi connectivity index (χ0) is 10.8. The lowest BCUT2D eigenvalue weighted by atomic mass is 10.2. The predicted molar refractivity (Wildman–Crippen MR) is 65.5 cm³/mol. The zero-order valence-electron chi connectivity index (χ0n) is 8.29. The molecule has 3 rings (SSSR count). The molecule has 0 aliphatic carbocycles. The summed E-state index contributed by atoms with van der Waals surface area (Å²) in [6, 6.07) is 8.01. The third kappa shape index (κ3) is 1.61. The SMILES string of the molecule is C1=NC(c2nncs2)=CNc2ccccc21. The van der Waals surface area contributed by atoms with Crippen molar-refractivity contribution in [3.8, 4) is 0 Å². The molecule has 4 nitrogen and oxygen atoms in total. The van der Waals surface area contributed by atoms with Gasteiger partial charge >= 0.3 is 0 Å². The zero-order valence-corrected chi connectivity index (χ0v) is 9.11. The summed E-state index contributed by atoms with van der Waals surface area (Å²) in [6.45, 7) is 0. The first-order valence-corrected chi connectivity index (χ1v) is 5.68. The van der Waals surface area contributed by atoms with Crippen molar-refractivity contribution in [2.45, 2.75) is 0 Å². The van der Waals surface area contributed by atoms with Crippen molar-refractivity contribution >= 4 is 28.9 Å². The van der Waals surface area contributed by atoms with Gasteiger partial charge in [0.25, 0.3) is 0 Å². The lowest BCUT2D eigenvalue weighted by Crippen LogP contribution is -1.90. The molecule has 0 fully saturated rings. The quantitative estimate of drug-likeness (QED) is 0.815. The molecule has 0 spiro atoms. The van der Waals surface area contributed by atoms with Crippen LogP contribution < -0.4 is 5.32 Å². The fourth-order valence-electron chi connectivity index (χ4n) is 1.47. The smallest absolute Gasteiger partial charge is 0.167 e. The monoisotopic (exact) mass is 228 g/mol. The van der Waals surface area contributed by atoms with Crippen molar-refractivity contribution in [3.05, 3.63) is 46.5 Å². The average molecular weight is 228 g/mol. The van der Waals surface area contributed by atoms with Gasteiger partial charge in [-0.1, -0.05) is 29.5 Å². The number of aromatic nitrogens is 2. The van der Waals surface area contributed by atoms with Crippen molar-refractivity contribution in [2.24, 2.45) is 4.99 Å². The number of benzene rings is 1. The molecule has 0 saturated heterocycles. The Balaban J connectivity index is 2.01. The molecular weight excluding hydrogens is 220 g/mol. The Morgan fingerprint density at radius 2 is 2.12 bits per heavy atom. The maximum absolute atomic E-state index is 4.39. The molecule has 1 aromatic carbocycles. The number of para-hydroxylation sites is 1. The van der Waals surface area contributed by atoms with Crippen LogP contribution in [0.4, 0.5) is 5.69 Å². The minimum absolute atomic E-state index is 0.804. The van der Waals surface area contributed by atoms with E-state index in [1.165, 1.54) is 11.3 Å². The fourth-order valence-corrected chi connectivity index (χ4v) is 1.99. The summed E-state index contributed by atoms with van der Waals surface area (Å²) in [7, 11) is 0. The second kappa shape index (κ2) is 3.86. The van der Waals surface area contributed by atoms with Gasteiger partial charge in [-0.25, -0.2) is 0 Å². The van der Waals surface area contributed by atoms with E-state index in [0.29, 0.717) is 0 Å². The second-order valence-electron chi connectivity index (χ2n) is 3.26. The van der Waals surface area contributed by atoms with Gasteiger partial charge in [-0.2, -0.15) is 0 Å². The van der Waals surface area contributed by atoms with E-state index < -0.39 is 0 Å². The molecule has 16 heavy (non-hydrogen) atoms. The largest absolute Gasteiger partial charge is 0.359 e. The molecule has 2 heterocycles. The van der Waals surface area contributed by atoms with Crippen molar-refractivity contribution < 1.29 is 0 Å². The molecule has 1 aromatic heterocycles. The Morgan fingerprint density at radius 1 is 1.19 bits per heavy atom. The van der Waals surface area contributed by atoms with Gasteiger partial charge in [0.15, 0.2) is 5.01 Å². The Kier molecular flexibility index (Phi) is 2.23. The van der Waals surface area contributed by atoms with Crippen LogP contribution in [-0.2, 0) is 0 Å². The van der Waals surface area contributed by atoms with E-state index in [9.17, 15) is 0 Å². The van der Waals surface area contributed by atoms with Crippen LogP contribution in [-0.4, -0.2) is 16.4 Å². The van der Waals surface area contributed by atoms with Crippen LogP contribution in [0.25, 0.3) is 5.70 Å². The van der Waals surface area contributed by atoms with E-state index in [4.69, 9.17) is 0 Å². The van der Waals surface area contributed by atoms with Gasteiger partial charge in [-0.15, -0.1) is 10.2 Å². The maximum Gasteiger partial charge on any atom is 0.167 e. The molecule has 1 aliphatic heterocycles. The molecule has 0 amide bonds. The van der Waals surface area contributed by atoms with E-state index in [0.717, 1.165) is 22.0 Å². The van der Waals surface area contributed by atoms with Crippen LogP contribution in [0.15, 0.2) is 41.0 Å². The molecule has 2 aromatic rings. The van der Waals surface area contributed by atoms with Gasteiger partial charge in [-0.3, -0.25) is 4.99 Å². The summed E-state index contributed by atoms with van der Waals surface area (Å²) in [5.74, 6) is 0. The minimum Gasteiger partial charge on any atom is -0.359 e. The minimum atomic E-state index is 0.804. The topological polar surface area (TPSA) is 50.2 Å². The molecule has 0 saturated carbocycles. The molecule has 0 unspecified atom stereocenters. The molecule has 1 N–H and O–H groups in total. The number of hydrogen-bond acceptors (Lipinski definition) is 5. The molecular formula is C11H8N4S. The first kappa shape index (κ1) is 9.23. The number of hydrogen-bond donors (Lipinski definition) is 1. The molecule has 0 radical (unpaired) electrons. The maximum atomic E-state index is 4.39. The third-order valence-corrected chi connectivity index (χ3v) is 2.96. The fraction of sp³-hybridized carbons (Fsp3) is 0. The highest BCUT2D eigenvalue weighted by molar-refractivity contribution is 7.10. The first-order chi connectivity index (χ1) is 7.93. The van der Waals surface area contributed by atoms with Crippen molar-refractivity contribution in [2.75, 3.05) is 5.32 Å². The standard InChI is InChI=1S/C11H8N4S/c1-2-4-9-8(3-1)5-12-10(6-13-9)11-15-14-7-16-11/h1-7,13H. The summed E-state index contributed by atoms with van der Waals surface area (Å²) in [6.07, 6.45) is 3.69. The summed E-state index contributed by atoms with van der Waals surface area (Å²) in [4.78, 5) is 4.39. The average Bonchev–Trinajstić information content (AvgIpc) is 2.76. The van der Waals surface area contributed by atoms with Gasteiger partial charge in [0.1, 0.15) is 11.2 Å². The Bertz CT molecular complexity index is 557. The predicted octanol–water partition coefficient (Wildman–Crippen LogP) is 2.38. The normalized spacial score (nSPS) is 13.6. The number of rotatable bonds is 1. The number of anilines is 1. The van der Waals surface area contributed by atoms with Gasteiger partial charge in [-0.05, 0) is 6.07 Å². The summed E-state index contributed by atoms with van der Waals surface area (Å²) < 4.78 is 0. The van der Waals surface area contributed by atoms with Crippen LogP contribution in [0.5, 0.6) is 0 Å². The van der Waals surface area contributed by atoms with E-state index in [-0.39, 0.29) is 0 Å². The Morgan fingerprint density at radius 3 is 3.00 bits per heavy atom. The highest BCUT2D eigenvalue weighted by Gasteiger charge is 2.07. The van der Waals surface area contributed by atoms with Crippen molar-refractivity contribution in [1.82, 2.24) is 10.2 Å². The molecule has 0 bridgehead atoms.